The number of nitrogens with one attached hydrogen (secondary N) is 1. The van der Waals surface area contributed by atoms with Crippen LogP contribution in [0.3, 0.4) is 0 Å². The summed E-state index contributed by atoms with van der Waals surface area (Å²) in [5.41, 5.74) is 4.53. The SMILES string of the molecule is COC(=O)c1cccc(C#CS(=O)(=O)Nc2ccc(C)cc2Cc2ccccc2)c1-n1cccc1. The van der Waals surface area contributed by atoms with E-state index in [-0.39, 0.29) is 5.56 Å². The van der Waals surface area contributed by atoms with Crippen molar-refractivity contribution >= 4 is 21.7 Å². The van der Waals surface area contributed by atoms with Gasteiger partial charge < -0.3 is 9.30 Å². The van der Waals surface area contributed by atoms with Gasteiger partial charge in [0.25, 0.3) is 0 Å². The van der Waals surface area contributed by atoms with Gasteiger partial charge >= 0.3 is 16.0 Å². The second kappa shape index (κ2) is 10.3. The maximum atomic E-state index is 13.0. The predicted octanol–water partition coefficient (Wildman–Crippen LogP) is 4.91. The number of sulfonamides is 1. The van der Waals surface area contributed by atoms with Crippen molar-refractivity contribution in [3.05, 3.63) is 119 Å². The molecule has 0 unspecified atom stereocenters. The summed E-state index contributed by atoms with van der Waals surface area (Å²) in [4.78, 5) is 12.3. The molecule has 0 spiro atoms. The second-order valence-corrected chi connectivity index (χ2v) is 9.35. The second-order valence-electron chi connectivity index (χ2n) is 7.94. The number of nitrogens with zero attached hydrogens (tertiary/aromatic N) is 1. The molecule has 1 aromatic heterocycles. The minimum atomic E-state index is -4.02. The summed E-state index contributed by atoms with van der Waals surface area (Å²) in [7, 11) is -2.73. The quantitative estimate of drug-likeness (QED) is 0.312. The number of para-hydroxylation sites is 1. The van der Waals surface area contributed by atoms with Crippen molar-refractivity contribution < 1.29 is 17.9 Å². The molecule has 0 aliphatic rings. The molecule has 1 heterocycles. The molecule has 0 saturated heterocycles. The fourth-order valence-corrected chi connectivity index (χ4v) is 4.54. The van der Waals surface area contributed by atoms with E-state index in [0.717, 1.165) is 16.7 Å². The topological polar surface area (TPSA) is 77.4 Å². The Bertz CT molecular complexity index is 1510. The first-order valence-corrected chi connectivity index (χ1v) is 12.4. The van der Waals surface area contributed by atoms with E-state index in [9.17, 15) is 13.2 Å². The molecule has 0 fully saturated rings. The molecular formula is C28H24N2O4S. The maximum Gasteiger partial charge on any atom is 0.340 e. The van der Waals surface area contributed by atoms with E-state index in [1.807, 2.05) is 49.4 Å². The predicted molar refractivity (Wildman–Crippen MR) is 137 cm³/mol. The number of ether oxygens (including phenoxy) is 1. The molecule has 0 aliphatic carbocycles. The Balaban J connectivity index is 1.69. The summed E-state index contributed by atoms with van der Waals surface area (Å²) < 4.78 is 35.1. The van der Waals surface area contributed by atoms with Gasteiger partial charge in [-0.25, -0.2) is 4.79 Å². The van der Waals surface area contributed by atoms with Crippen LogP contribution >= 0.6 is 0 Å². The normalized spacial score (nSPS) is 10.8. The molecule has 7 heteroatoms. The van der Waals surface area contributed by atoms with Gasteiger partial charge in [-0.1, -0.05) is 54.1 Å². The summed E-state index contributed by atoms with van der Waals surface area (Å²) in [5, 5.41) is 2.36. The molecule has 4 rings (SSSR count). The van der Waals surface area contributed by atoms with Gasteiger partial charge in [-0.05, 0) is 60.7 Å². The molecule has 35 heavy (non-hydrogen) atoms. The van der Waals surface area contributed by atoms with E-state index in [0.29, 0.717) is 23.4 Å². The number of aromatic nitrogens is 1. The Morgan fingerprint density at radius 2 is 1.71 bits per heavy atom. The van der Waals surface area contributed by atoms with Gasteiger partial charge in [0.15, 0.2) is 0 Å². The number of benzene rings is 3. The van der Waals surface area contributed by atoms with Crippen molar-refractivity contribution in [2.75, 3.05) is 11.8 Å². The first-order chi connectivity index (χ1) is 16.9. The van der Waals surface area contributed by atoms with Crippen molar-refractivity contribution in [2.45, 2.75) is 13.3 Å². The van der Waals surface area contributed by atoms with Crippen LogP contribution in [0.5, 0.6) is 0 Å². The van der Waals surface area contributed by atoms with Crippen LogP contribution in [0.2, 0.25) is 0 Å². The van der Waals surface area contributed by atoms with E-state index in [1.54, 1.807) is 53.4 Å². The lowest BCUT2D eigenvalue weighted by Crippen LogP contribution is -2.12. The smallest absolute Gasteiger partial charge is 0.340 e. The molecule has 176 valence electrons. The van der Waals surface area contributed by atoms with Crippen LogP contribution in [0.25, 0.3) is 5.69 Å². The number of hydrogen-bond acceptors (Lipinski definition) is 4. The zero-order valence-corrected chi connectivity index (χ0v) is 20.2. The average Bonchev–Trinajstić information content (AvgIpc) is 3.39. The summed E-state index contributed by atoms with van der Waals surface area (Å²) in [5.74, 6) is 2.19. The van der Waals surface area contributed by atoms with Crippen LogP contribution in [0, 0.1) is 18.1 Å². The van der Waals surface area contributed by atoms with Gasteiger partial charge in [0, 0.05) is 12.4 Å². The molecule has 4 aromatic rings. The maximum absolute atomic E-state index is 13.0. The van der Waals surface area contributed by atoms with Gasteiger partial charge in [-0.3, -0.25) is 4.72 Å². The van der Waals surface area contributed by atoms with Gasteiger partial charge in [0.05, 0.1) is 34.9 Å². The molecule has 3 aromatic carbocycles. The Morgan fingerprint density at radius 1 is 0.971 bits per heavy atom. The third kappa shape index (κ3) is 5.81. The van der Waals surface area contributed by atoms with Gasteiger partial charge in [-0.2, -0.15) is 8.42 Å². The zero-order valence-electron chi connectivity index (χ0n) is 19.4. The van der Waals surface area contributed by atoms with Crippen molar-refractivity contribution in [1.82, 2.24) is 4.57 Å². The molecule has 0 amide bonds. The van der Waals surface area contributed by atoms with E-state index < -0.39 is 16.0 Å². The van der Waals surface area contributed by atoms with Crippen LogP contribution in [-0.4, -0.2) is 26.1 Å². The van der Waals surface area contributed by atoms with Crippen LogP contribution < -0.4 is 4.72 Å². The third-order valence-corrected chi connectivity index (χ3v) is 6.23. The van der Waals surface area contributed by atoms with Crippen LogP contribution in [0.15, 0.2) is 91.3 Å². The van der Waals surface area contributed by atoms with E-state index in [2.05, 4.69) is 15.9 Å². The van der Waals surface area contributed by atoms with Gasteiger partial charge in [0.2, 0.25) is 0 Å². The highest BCUT2D eigenvalue weighted by Gasteiger charge is 2.17. The Hall–Kier alpha value is -4.28. The molecule has 0 saturated carbocycles. The Labute approximate surface area is 205 Å². The summed E-state index contributed by atoms with van der Waals surface area (Å²) in [6, 6.07) is 23.9. The first-order valence-electron chi connectivity index (χ1n) is 10.9. The molecule has 0 bridgehead atoms. The van der Waals surface area contributed by atoms with Crippen molar-refractivity contribution in [3.63, 3.8) is 0 Å². The van der Waals surface area contributed by atoms with E-state index in [4.69, 9.17) is 4.74 Å². The van der Waals surface area contributed by atoms with Crippen molar-refractivity contribution in [3.8, 4) is 16.9 Å². The highest BCUT2D eigenvalue weighted by Crippen LogP contribution is 2.23. The first kappa shape index (κ1) is 23.9. The minimum Gasteiger partial charge on any atom is -0.465 e. The number of carbonyl (C=O) groups excluding carboxylic acids is 1. The van der Waals surface area contributed by atoms with Crippen LogP contribution in [-0.2, 0) is 21.2 Å². The molecule has 0 aliphatic heterocycles. The zero-order chi connectivity index (χ0) is 24.8. The summed E-state index contributed by atoms with van der Waals surface area (Å²) >= 11 is 0. The minimum absolute atomic E-state index is 0.282. The standard InChI is InChI=1S/C28H24N2O4S/c1-21-13-14-26(24(19-21)20-22-9-4-3-5-10-22)29-35(32,33)18-15-23-11-8-12-25(28(31)34-2)27(23)30-16-6-7-17-30/h3-14,16-17,19,29H,20H2,1-2H3. The number of carbonyl (C=O) groups is 1. The van der Waals surface area contributed by atoms with Gasteiger partial charge in [-0.15, -0.1) is 0 Å². The lowest BCUT2D eigenvalue weighted by molar-refractivity contribution is 0.0600. The largest absolute Gasteiger partial charge is 0.465 e. The van der Waals surface area contributed by atoms with Crippen molar-refractivity contribution in [2.24, 2.45) is 0 Å². The van der Waals surface area contributed by atoms with E-state index >= 15 is 0 Å². The van der Waals surface area contributed by atoms with Gasteiger partial charge in [0.1, 0.15) is 0 Å². The Morgan fingerprint density at radius 3 is 2.43 bits per heavy atom. The lowest BCUT2D eigenvalue weighted by Gasteiger charge is -2.12. The average molecular weight is 485 g/mol. The molecule has 0 atom stereocenters. The summed E-state index contributed by atoms with van der Waals surface area (Å²) in [6.07, 6.45) is 4.08. The summed E-state index contributed by atoms with van der Waals surface area (Å²) in [6.45, 7) is 1.96. The number of esters is 1. The number of rotatable bonds is 6. The van der Waals surface area contributed by atoms with Crippen LogP contribution in [0.1, 0.15) is 32.6 Å². The highest BCUT2D eigenvalue weighted by molar-refractivity contribution is 7.97. The Kier molecular flexibility index (Phi) is 7.04. The fraction of sp³-hybridized carbons (Fsp3) is 0.107. The fourth-order valence-electron chi connectivity index (χ4n) is 3.76. The number of methoxy groups -OCH3 is 1. The van der Waals surface area contributed by atoms with Crippen LogP contribution in [0.4, 0.5) is 5.69 Å². The number of aryl methyl sites for hydroxylation is 1. The third-order valence-electron chi connectivity index (χ3n) is 5.37. The lowest BCUT2D eigenvalue weighted by atomic mass is 10.0. The molecule has 6 nitrogen and oxygen atoms in total. The van der Waals surface area contributed by atoms with Crippen molar-refractivity contribution in [1.29, 1.82) is 0 Å². The molecule has 1 N–H and O–H groups in total. The highest BCUT2D eigenvalue weighted by atomic mass is 32.2. The van der Waals surface area contributed by atoms with E-state index in [1.165, 1.54) is 7.11 Å². The molecular weight excluding hydrogens is 460 g/mol. The number of hydrogen-bond donors (Lipinski definition) is 1. The number of anilines is 1. The monoisotopic (exact) mass is 484 g/mol. The molecule has 0 radical (unpaired) electrons.